The predicted molar refractivity (Wildman–Crippen MR) is 98.6 cm³/mol. The van der Waals surface area contributed by atoms with Gasteiger partial charge in [-0.05, 0) is 38.1 Å². The number of aryl methyl sites for hydroxylation is 2. The number of anilines is 1. The van der Waals surface area contributed by atoms with Crippen molar-refractivity contribution in [1.29, 1.82) is 0 Å². The van der Waals surface area contributed by atoms with E-state index in [0.29, 0.717) is 35.9 Å². The van der Waals surface area contributed by atoms with Gasteiger partial charge >= 0.3 is 0 Å². The summed E-state index contributed by atoms with van der Waals surface area (Å²) in [4.78, 5) is 25.6. The molecule has 0 fully saturated rings. The second-order valence-electron chi connectivity index (χ2n) is 5.78. The number of aromatic nitrogens is 3. The number of fused-ring (bicyclic) bond motifs is 1. The normalized spacial score (nSPS) is 10.7. The van der Waals surface area contributed by atoms with E-state index >= 15 is 0 Å². The van der Waals surface area contributed by atoms with E-state index in [-0.39, 0.29) is 5.91 Å². The van der Waals surface area contributed by atoms with Crippen molar-refractivity contribution >= 4 is 22.6 Å². The van der Waals surface area contributed by atoms with E-state index in [9.17, 15) is 4.79 Å². The SMILES string of the molecule is COCCOc1ccc(NC(=O)c2ccc3nc(C)c(C)nc3c2)cn1. The number of hydrogen-bond acceptors (Lipinski definition) is 6. The Kier molecular flexibility index (Phi) is 5.38. The third kappa shape index (κ3) is 4.12. The van der Waals surface area contributed by atoms with E-state index in [1.165, 1.54) is 0 Å². The molecular formula is C19H20N4O3. The molecule has 0 bridgehead atoms. The largest absolute Gasteiger partial charge is 0.475 e. The first-order valence-corrected chi connectivity index (χ1v) is 8.21. The minimum atomic E-state index is -0.234. The highest BCUT2D eigenvalue weighted by Crippen LogP contribution is 2.17. The molecule has 0 unspecified atom stereocenters. The summed E-state index contributed by atoms with van der Waals surface area (Å²) in [6.07, 6.45) is 1.55. The van der Waals surface area contributed by atoms with Gasteiger partial charge < -0.3 is 14.8 Å². The van der Waals surface area contributed by atoms with Crippen LogP contribution in [0.4, 0.5) is 5.69 Å². The number of nitrogens with zero attached hydrogens (tertiary/aromatic N) is 3. The number of rotatable bonds is 6. The Labute approximate surface area is 151 Å². The second kappa shape index (κ2) is 7.88. The van der Waals surface area contributed by atoms with Crippen LogP contribution in [0.25, 0.3) is 11.0 Å². The van der Waals surface area contributed by atoms with E-state index in [2.05, 4.69) is 20.3 Å². The zero-order chi connectivity index (χ0) is 18.5. The van der Waals surface area contributed by atoms with Crippen LogP contribution in [0.1, 0.15) is 21.7 Å². The minimum absolute atomic E-state index is 0.234. The van der Waals surface area contributed by atoms with Crippen molar-refractivity contribution in [2.45, 2.75) is 13.8 Å². The average Bonchev–Trinajstić information content (AvgIpc) is 2.64. The molecule has 1 aromatic carbocycles. The summed E-state index contributed by atoms with van der Waals surface area (Å²) < 4.78 is 10.3. The van der Waals surface area contributed by atoms with Crippen LogP contribution in [0.2, 0.25) is 0 Å². The van der Waals surface area contributed by atoms with E-state index < -0.39 is 0 Å². The highest BCUT2D eigenvalue weighted by Gasteiger charge is 2.09. The maximum absolute atomic E-state index is 12.5. The van der Waals surface area contributed by atoms with Gasteiger partial charge in [-0.15, -0.1) is 0 Å². The standard InChI is InChI=1S/C19H20N4O3/c1-12-13(2)22-17-10-14(4-6-16(17)21-12)19(24)23-15-5-7-18(20-11-15)26-9-8-25-3/h4-7,10-11H,8-9H2,1-3H3,(H,23,24). The molecule has 3 aromatic rings. The lowest BCUT2D eigenvalue weighted by atomic mass is 10.1. The van der Waals surface area contributed by atoms with Gasteiger partial charge in [-0.1, -0.05) is 0 Å². The third-order valence-corrected chi connectivity index (χ3v) is 3.87. The quantitative estimate of drug-likeness (QED) is 0.687. The number of carbonyl (C=O) groups excluding carboxylic acids is 1. The molecule has 2 aromatic heterocycles. The number of hydrogen-bond donors (Lipinski definition) is 1. The van der Waals surface area contributed by atoms with Crippen LogP contribution in [0.15, 0.2) is 36.5 Å². The first-order chi connectivity index (χ1) is 12.6. The third-order valence-electron chi connectivity index (χ3n) is 3.87. The van der Waals surface area contributed by atoms with Crippen molar-refractivity contribution in [3.05, 3.63) is 53.5 Å². The summed E-state index contributed by atoms with van der Waals surface area (Å²) in [5.41, 5.74) is 4.29. The molecule has 1 amide bonds. The lowest BCUT2D eigenvalue weighted by Crippen LogP contribution is -2.12. The molecule has 7 heteroatoms. The van der Waals surface area contributed by atoms with E-state index in [0.717, 1.165) is 16.9 Å². The summed E-state index contributed by atoms with van der Waals surface area (Å²) in [6.45, 7) is 4.73. The van der Waals surface area contributed by atoms with Crippen LogP contribution < -0.4 is 10.1 Å². The van der Waals surface area contributed by atoms with Gasteiger partial charge in [0.1, 0.15) is 6.61 Å². The number of amides is 1. The Morgan fingerprint density at radius 2 is 1.81 bits per heavy atom. The van der Waals surface area contributed by atoms with Gasteiger partial charge in [0.15, 0.2) is 0 Å². The number of pyridine rings is 1. The van der Waals surface area contributed by atoms with Gasteiger partial charge in [0.25, 0.3) is 5.91 Å². The van der Waals surface area contributed by atoms with Gasteiger partial charge in [0.2, 0.25) is 5.88 Å². The molecule has 0 saturated carbocycles. The molecule has 0 aliphatic heterocycles. The maximum atomic E-state index is 12.5. The van der Waals surface area contributed by atoms with E-state index in [1.54, 1.807) is 43.6 Å². The Morgan fingerprint density at radius 3 is 2.50 bits per heavy atom. The minimum Gasteiger partial charge on any atom is -0.475 e. The van der Waals surface area contributed by atoms with Crippen LogP contribution in [0.3, 0.4) is 0 Å². The molecule has 3 rings (SSSR count). The molecule has 26 heavy (non-hydrogen) atoms. The molecule has 0 radical (unpaired) electrons. The van der Waals surface area contributed by atoms with Gasteiger partial charge in [-0.25, -0.2) is 15.0 Å². The summed E-state index contributed by atoms with van der Waals surface area (Å²) in [7, 11) is 1.61. The maximum Gasteiger partial charge on any atom is 0.255 e. The summed E-state index contributed by atoms with van der Waals surface area (Å²) in [5, 5.41) is 2.81. The molecule has 0 saturated heterocycles. The second-order valence-corrected chi connectivity index (χ2v) is 5.78. The lowest BCUT2D eigenvalue weighted by molar-refractivity contribution is 0.102. The smallest absolute Gasteiger partial charge is 0.255 e. The number of methoxy groups -OCH3 is 1. The van der Waals surface area contributed by atoms with Crippen LogP contribution in [-0.2, 0) is 4.74 Å². The summed E-state index contributed by atoms with van der Waals surface area (Å²) >= 11 is 0. The van der Waals surface area contributed by atoms with Crippen LogP contribution in [0, 0.1) is 13.8 Å². The molecule has 0 spiro atoms. The molecular weight excluding hydrogens is 332 g/mol. The molecule has 2 heterocycles. The van der Waals surface area contributed by atoms with Crippen molar-refractivity contribution in [1.82, 2.24) is 15.0 Å². The molecule has 134 valence electrons. The van der Waals surface area contributed by atoms with Crippen molar-refractivity contribution in [2.24, 2.45) is 0 Å². The molecule has 0 atom stereocenters. The number of nitrogens with one attached hydrogen (secondary N) is 1. The Balaban J connectivity index is 1.71. The van der Waals surface area contributed by atoms with Gasteiger partial charge in [0.05, 0.1) is 40.9 Å². The Hall–Kier alpha value is -3.06. The molecule has 0 aliphatic carbocycles. The average molecular weight is 352 g/mol. The zero-order valence-electron chi connectivity index (χ0n) is 14.9. The fraction of sp³-hybridized carbons (Fsp3) is 0.263. The number of benzene rings is 1. The summed E-state index contributed by atoms with van der Waals surface area (Å²) in [5.74, 6) is 0.244. The molecule has 1 N–H and O–H groups in total. The van der Waals surface area contributed by atoms with Gasteiger partial charge in [-0.2, -0.15) is 0 Å². The first-order valence-electron chi connectivity index (χ1n) is 8.21. The van der Waals surface area contributed by atoms with Gasteiger partial charge in [0, 0.05) is 18.7 Å². The van der Waals surface area contributed by atoms with Crippen molar-refractivity contribution in [2.75, 3.05) is 25.6 Å². The zero-order valence-corrected chi connectivity index (χ0v) is 14.9. The van der Waals surface area contributed by atoms with Crippen LogP contribution in [0.5, 0.6) is 5.88 Å². The van der Waals surface area contributed by atoms with Crippen molar-refractivity contribution in [3.8, 4) is 5.88 Å². The number of carbonyl (C=O) groups is 1. The molecule has 7 nitrogen and oxygen atoms in total. The fourth-order valence-electron chi connectivity index (χ4n) is 2.34. The Morgan fingerprint density at radius 1 is 1.04 bits per heavy atom. The highest BCUT2D eigenvalue weighted by atomic mass is 16.5. The van der Waals surface area contributed by atoms with E-state index in [4.69, 9.17) is 9.47 Å². The van der Waals surface area contributed by atoms with Crippen molar-refractivity contribution in [3.63, 3.8) is 0 Å². The fourth-order valence-corrected chi connectivity index (χ4v) is 2.34. The molecule has 0 aliphatic rings. The first kappa shape index (κ1) is 17.8. The van der Waals surface area contributed by atoms with E-state index in [1.807, 2.05) is 13.8 Å². The highest BCUT2D eigenvalue weighted by molar-refractivity contribution is 6.05. The van der Waals surface area contributed by atoms with Gasteiger partial charge in [-0.3, -0.25) is 4.79 Å². The van der Waals surface area contributed by atoms with Crippen LogP contribution in [-0.4, -0.2) is 41.2 Å². The van der Waals surface area contributed by atoms with Crippen LogP contribution >= 0.6 is 0 Å². The Bertz CT molecular complexity index is 926. The lowest BCUT2D eigenvalue weighted by Gasteiger charge is -2.08. The number of ether oxygens (including phenoxy) is 2. The monoisotopic (exact) mass is 352 g/mol. The predicted octanol–water partition coefficient (Wildman–Crippen LogP) is 2.92. The summed E-state index contributed by atoms with van der Waals surface area (Å²) in [6, 6.07) is 8.70. The van der Waals surface area contributed by atoms with Crippen molar-refractivity contribution < 1.29 is 14.3 Å². The topological polar surface area (TPSA) is 86.2 Å².